The Morgan fingerprint density at radius 2 is 1.72 bits per heavy atom. The number of hydrogen-bond acceptors (Lipinski definition) is 5. The Morgan fingerprint density at radius 3 is 2.36 bits per heavy atom. The molecule has 5 heteroatoms. The van der Waals surface area contributed by atoms with Crippen molar-refractivity contribution in [1.82, 2.24) is 0 Å². The molecule has 1 aliphatic carbocycles. The van der Waals surface area contributed by atoms with Crippen molar-refractivity contribution in [3.63, 3.8) is 0 Å². The van der Waals surface area contributed by atoms with Crippen LogP contribution in [-0.4, -0.2) is 34.4 Å². The third kappa shape index (κ3) is 2.82. The Kier molecular flexibility index (Phi) is 4.65. The molecular weight excluding hydrogens is 320 g/mol. The second kappa shape index (κ2) is 6.89. The minimum atomic E-state index is -0.361. The van der Waals surface area contributed by atoms with E-state index in [0.717, 1.165) is 22.3 Å². The SMILES string of the molecule is COC(=O)c1ccc2c(c1)C=CCc1cc(OC)c(OC)c(OC)c1-2. The van der Waals surface area contributed by atoms with Gasteiger partial charge in [-0.1, -0.05) is 18.2 Å². The summed E-state index contributed by atoms with van der Waals surface area (Å²) < 4.78 is 21.4. The van der Waals surface area contributed by atoms with Crippen molar-refractivity contribution in [1.29, 1.82) is 0 Å². The first-order valence-electron chi connectivity index (χ1n) is 7.85. The number of allylic oxidation sites excluding steroid dienone is 1. The molecule has 0 fully saturated rings. The number of benzene rings is 2. The first-order chi connectivity index (χ1) is 12.1. The fourth-order valence-electron chi connectivity index (χ4n) is 3.15. The van der Waals surface area contributed by atoms with Crippen LogP contribution in [0.4, 0.5) is 0 Å². The van der Waals surface area contributed by atoms with Gasteiger partial charge in [-0.2, -0.15) is 0 Å². The topological polar surface area (TPSA) is 54.0 Å². The lowest BCUT2D eigenvalue weighted by molar-refractivity contribution is 0.0600. The van der Waals surface area contributed by atoms with E-state index in [1.165, 1.54) is 7.11 Å². The van der Waals surface area contributed by atoms with E-state index in [4.69, 9.17) is 18.9 Å². The summed E-state index contributed by atoms with van der Waals surface area (Å²) in [5.41, 5.74) is 4.40. The minimum Gasteiger partial charge on any atom is -0.493 e. The van der Waals surface area contributed by atoms with Gasteiger partial charge in [-0.25, -0.2) is 4.79 Å². The molecule has 2 aromatic carbocycles. The van der Waals surface area contributed by atoms with Crippen molar-refractivity contribution < 1.29 is 23.7 Å². The zero-order valence-electron chi connectivity index (χ0n) is 14.7. The molecule has 0 unspecified atom stereocenters. The van der Waals surface area contributed by atoms with Gasteiger partial charge in [-0.3, -0.25) is 0 Å². The number of ether oxygens (including phenoxy) is 4. The molecule has 0 aliphatic heterocycles. The molecule has 0 amide bonds. The van der Waals surface area contributed by atoms with Gasteiger partial charge in [0.2, 0.25) is 5.75 Å². The zero-order chi connectivity index (χ0) is 18.0. The molecule has 0 bridgehead atoms. The number of carbonyl (C=O) groups is 1. The van der Waals surface area contributed by atoms with Gasteiger partial charge in [0.25, 0.3) is 0 Å². The molecule has 2 aromatic rings. The lowest BCUT2D eigenvalue weighted by atomic mass is 9.93. The van der Waals surface area contributed by atoms with Crippen LogP contribution < -0.4 is 14.2 Å². The molecule has 0 saturated heterocycles. The Hall–Kier alpha value is -2.95. The van der Waals surface area contributed by atoms with Crippen LogP contribution >= 0.6 is 0 Å². The monoisotopic (exact) mass is 340 g/mol. The van der Waals surface area contributed by atoms with Crippen molar-refractivity contribution in [2.45, 2.75) is 6.42 Å². The number of carbonyl (C=O) groups excluding carboxylic acids is 1. The fraction of sp³-hybridized carbons (Fsp3) is 0.250. The van der Waals surface area contributed by atoms with Gasteiger partial charge in [0.05, 0.1) is 34.0 Å². The number of rotatable bonds is 4. The van der Waals surface area contributed by atoms with E-state index in [0.29, 0.717) is 29.2 Å². The van der Waals surface area contributed by atoms with Gasteiger partial charge in [0.1, 0.15) is 0 Å². The van der Waals surface area contributed by atoms with E-state index in [2.05, 4.69) is 6.08 Å². The highest BCUT2D eigenvalue weighted by Gasteiger charge is 2.24. The first kappa shape index (κ1) is 16.9. The zero-order valence-corrected chi connectivity index (χ0v) is 14.7. The van der Waals surface area contributed by atoms with Crippen LogP contribution in [0.15, 0.2) is 30.3 Å². The van der Waals surface area contributed by atoms with E-state index >= 15 is 0 Å². The molecule has 0 aromatic heterocycles. The van der Waals surface area contributed by atoms with Crippen LogP contribution in [0.3, 0.4) is 0 Å². The number of hydrogen-bond donors (Lipinski definition) is 0. The average molecular weight is 340 g/mol. The Balaban J connectivity index is 2.29. The lowest BCUT2D eigenvalue weighted by Crippen LogP contribution is -2.03. The molecule has 0 radical (unpaired) electrons. The van der Waals surface area contributed by atoms with Crippen LogP contribution in [-0.2, 0) is 11.2 Å². The molecule has 25 heavy (non-hydrogen) atoms. The van der Waals surface area contributed by atoms with E-state index in [1.807, 2.05) is 24.3 Å². The maximum Gasteiger partial charge on any atom is 0.337 e. The third-order valence-electron chi connectivity index (χ3n) is 4.29. The van der Waals surface area contributed by atoms with Gasteiger partial charge in [0, 0.05) is 5.56 Å². The summed E-state index contributed by atoms with van der Waals surface area (Å²) in [4.78, 5) is 11.8. The molecule has 0 N–H and O–H groups in total. The summed E-state index contributed by atoms with van der Waals surface area (Å²) in [5, 5.41) is 0. The van der Waals surface area contributed by atoms with Crippen molar-refractivity contribution >= 4 is 12.0 Å². The first-order valence-corrected chi connectivity index (χ1v) is 7.85. The highest BCUT2D eigenvalue weighted by molar-refractivity contribution is 5.93. The Morgan fingerprint density at radius 1 is 0.960 bits per heavy atom. The largest absolute Gasteiger partial charge is 0.493 e. The average Bonchev–Trinajstić information content (AvgIpc) is 2.83. The minimum absolute atomic E-state index is 0.361. The maximum absolute atomic E-state index is 11.8. The van der Waals surface area contributed by atoms with Crippen LogP contribution in [0, 0.1) is 0 Å². The highest BCUT2D eigenvalue weighted by Crippen LogP contribution is 2.48. The smallest absolute Gasteiger partial charge is 0.337 e. The molecule has 1 aliphatic rings. The standard InChI is InChI=1S/C20H20O5/c1-22-16-11-13-7-5-6-12-10-14(20(21)25-4)8-9-15(12)17(13)19(24-3)18(16)23-2/h5-6,8-11H,7H2,1-4H3. The number of esters is 1. The molecule has 130 valence electrons. The number of methoxy groups -OCH3 is 4. The Bertz CT molecular complexity index is 852. The van der Waals surface area contributed by atoms with E-state index in [1.54, 1.807) is 27.4 Å². The Labute approximate surface area is 146 Å². The van der Waals surface area contributed by atoms with Gasteiger partial charge in [-0.05, 0) is 41.3 Å². The van der Waals surface area contributed by atoms with Crippen LogP contribution in [0.25, 0.3) is 17.2 Å². The van der Waals surface area contributed by atoms with Gasteiger partial charge >= 0.3 is 5.97 Å². The normalized spacial score (nSPS) is 11.8. The molecule has 5 nitrogen and oxygen atoms in total. The van der Waals surface area contributed by atoms with Crippen molar-refractivity contribution in [3.8, 4) is 28.4 Å². The summed E-state index contributed by atoms with van der Waals surface area (Å²) >= 11 is 0. The van der Waals surface area contributed by atoms with E-state index < -0.39 is 0 Å². The second-order valence-corrected chi connectivity index (χ2v) is 5.58. The summed E-state index contributed by atoms with van der Waals surface area (Å²) in [7, 11) is 6.17. The van der Waals surface area contributed by atoms with Crippen LogP contribution in [0.2, 0.25) is 0 Å². The van der Waals surface area contributed by atoms with E-state index in [9.17, 15) is 4.79 Å². The lowest BCUT2D eigenvalue weighted by Gasteiger charge is -2.19. The van der Waals surface area contributed by atoms with Gasteiger partial charge in [-0.15, -0.1) is 0 Å². The van der Waals surface area contributed by atoms with Crippen molar-refractivity contribution in [2.75, 3.05) is 28.4 Å². The second-order valence-electron chi connectivity index (χ2n) is 5.58. The number of fused-ring (bicyclic) bond motifs is 3. The predicted molar refractivity (Wildman–Crippen MR) is 95.6 cm³/mol. The molecule has 0 saturated carbocycles. The maximum atomic E-state index is 11.8. The van der Waals surface area contributed by atoms with Gasteiger partial charge < -0.3 is 18.9 Å². The van der Waals surface area contributed by atoms with Gasteiger partial charge in [0.15, 0.2) is 11.5 Å². The molecule has 3 rings (SSSR count). The summed E-state index contributed by atoms with van der Waals surface area (Å²) in [6, 6.07) is 7.45. The van der Waals surface area contributed by atoms with Crippen molar-refractivity contribution in [3.05, 3.63) is 47.0 Å². The fourth-order valence-corrected chi connectivity index (χ4v) is 3.15. The van der Waals surface area contributed by atoms with Crippen molar-refractivity contribution in [2.24, 2.45) is 0 Å². The van der Waals surface area contributed by atoms with Crippen LogP contribution in [0.1, 0.15) is 21.5 Å². The van der Waals surface area contributed by atoms with Crippen LogP contribution in [0.5, 0.6) is 17.2 Å². The summed E-state index contributed by atoms with van der Waals surface area (Å²) in [6.07, 6.45) is 4.77. The third-order valence-corrected chi connectivity index (χ3v) is 4.29. The molecule has 0 atom stereocenters. The van der Waals surface area contributed by atoms with E-state index in [-0.39, 0.29) is 5.97 Å². The highest BCUT2D eigenvalue weighted by atomic mass is 16.5. The molecule has 0 heterocycles. The summed E-state index contributed by atoms with van der Waals surface area (Å²) in [6.45, 7) is 0. The summed E-state index contributed by atoms with van der Waals surface area (Å²) in [5.74, 6) is 1.43. The predicted octanol–water partition coefficient (Wildman–Crippen LogP) is 3.74. The molecular formula is C20H20O5. The quantitative estimate of drug-likeness (QED) is 0.794. The molecule has 0 spiro atoms.